The minimum Gasteiger partial charge on any atom is -0.496 e. The first-order valence-electron chi connectivity index (χ1n) is 9.67. The summed E-state index contributed by atoms with van der Waals surface area (Å²) in [5.74, 6) is 0.818. The minimum atomic E-state index is -4.55. The van der Waals surface area contributed by atoms with Crippen LogP contribution in [-0.2, 0) is 9.53 Å². The summed E-state index contributed by atoms with van der Waals surface area (Å²) in [4.78, 5) is 17.9. The predicted octanol–water partition coefficient (Wildman–Crippen LogP) is 5.43. The molecule has 9 heteroatoms. The van der Waals surface area contributed by atoms with Gasteiger partial charge in [0.25, 0.3) is 0 Å². The van der Waals surface area contributed by atoms with Gasteiger partial charge in [0.1, 0.15) is 22.0 Å². The largest absolute Gasteiger partial charge is 0.496 e. The summed E-state index contributed by atoms with van der Waals surface area (Å²) in [6.07, 6.45) is 2.64. The summed E-state index contributed by atoms with van der Waals surface area (Å²) in [6, 6.07) is 0. The van der Waals surface area contributed by atoms with Crippen molar-refractivity contribution in [1.29, 1.82) is 0 Å². The smallest absolute Gasteiger partial charge is 0.431 e. The van der Waals surface area contributed by atoms with Gasteiger partial charge in [0.05, 0.1) is 19.0 Å². The number of fused-ring (bicyclic) bond motifs is 3. The number of rotatable bonds is 4. The molecule has 1 spiro atoms. The van der Waals surface area contributed by atoms with E-state index in [1.807, 2.05) is 20.8 Å². The first kappa shape index (κ1) is 20.8. The molecule has 1 unspecified atom stereocenters. The standard InChI is InChI=1S/C21H22F3N3O2S/c1-5-7-16(28)30-15-11-25-19-26(15)18-13(3)17(29-4)12(2)10-20(18)9-6-8-14(27(19)20)21(22,23)24/h6,8-9,11H,5,7,10H2,1-4H3. The lowest BCUT2D eigenvalue weighted by Crippen LogP contribution is -2.50. The predicted molar refractivity (Wildman–Crippen MR) is 110 cm³/mol. The molecule has 0 saturated carbocycles. The highest BCUT2D eigenvalue weighted by Crippen LogP contribution is 2.57. The Morgan fingerprint density at radius 2 is 2.10 bits per heavy atom. The van der Waals surface area contributed by atoms with Crippen LogP contribution in [0.15, 0.2) is 52.1 Å². The number of allylic oxidation sites excluding steroid dienone is 4. The monoisotopic (exact) mass is 437 g/mol. The number of ether oxygens (including phenoxy) is 1. The molecule has 160 valence electrons. The fraction of sp³-hybridized carbons (Fsp3) is 0.429. The molecule has 30 heavy (non-hydrogen) atoms. The summed E-state index contributed by atoms with van der Waals surface area (Å²) < 4.78 is 49.2. The lowest BCUT2D eigenvalue weighted by Gasteiger charge is -2.43. The minimum absolute atomic E-state index is 0.0472. The maximum Gasteiger partial charge on any atom is 0.431 e. The van der Waals surface area contributed by atoms with Crippen molar-refractivity contribution in [1.82, 2.24) is 9.55 Å². The van der Waals surface area contributed by atoms with E-state index in [-0.39, 0.29) is 11.1 Å². The Morgan fingerprint density at radius 3 is 2.73 bits per heavy atom. The number of hydrogen-bond acceptors (Lipinski definition) is 5. The second-order valence-electron chi connectivity index (χ2n) is 7.59. The highest BCUT2D eigenvalue weighted by Gasteiger charge is 2.58. The van der Waals surface area contributed by atoms with Crippen LogP contribution in [0.2, 0.25) is 0 Å². The number of methoxy groups -OCH3 is 1. The van der Waals surface area contributed by atoms with Crippen molar-refractivity contribution in [2.45, 2.75) is 56.8 Å². The summed E-state index contributed by atoms with van der Waals surface area (Å²) in [7, 11) is 1.56. The molecule has 3 aliphatic rings. The van der Waals surface area contributed by atoms with Gasteiger partial charge in [0.15, 0.2) is 5.12 Å². The van der Waals surface area contributed by atoms with Gasteiger partial charge in [-0.05, 0) is 43.7 Å². The molecule has 0 amide bonds. The first-order valence-corrected chi connectivity index (χ1v) is 10.5. The lowest BCUT2D eigenvalue weighted by molar-refractivity contribution is -0.111. The topological polar surface area (TPSA) is 47.4 Å². The highest BCUT2D eigenvalue weighted by molar-refractivity contribution is 8.13. The van der Waals surface area contributed by atoms with Crippen LogP contribution >= 0.6 is 11.8 Å². The van der Waals surface area contributed by atoms with Gasteiger partial charge in [-0.25, -0.2) is 4.98 Å². The zero-order valence-electron chi connectivity index (χ0n) is 17.1. The molecule has 0 fully saturated rings. The number of hydrogen-bond donors (Lipinski definition) is 0. The van der Waals surface area contributed by atoms with Crippen LogP contribution < -0.4 is 4.90 Å². The quantitative estimate of drug-likeness (QED) is 0.588. The van der Waals surface area contributed by atoms with Gasteiger partial charge in [-0.2, -0.15) is 13.2 Å². The Morgan fingerprint density at radius 1 is 1.37 bits per heavy atom. The molecule has 0 radical (unpaired) electrons. The Balaban J connectivity index is 1.97. The molecule has 0 N–H and O–H groups in total. The second-order valence-corrected chi connectivity index (χ2v) is 8.67. The average molecular weight is 437 g/mol. The van der Waals surface area contributed by atoms with Gasteiger partial charge in [-0.1, -0.05) is 19.1 Å². The second kappa shape index (κ2) is 7.08. The van der Waals surface area contributed by atoms with Crippen LogP contribution in [0.25, 0.3) is 5.70 Å². The van der Waals surface area contributed by atoms with Crippen molar-refractivity contribution in [2.24, 2.45) is 0 Å². The molecule has 0 saturated heterocycles. The number of carbonyl (C=O) groups is 1. The molecule has 0 aromatic carbocycles. The number of halogens is 3. The van der Waals surface area contributed by atoms with E-state index in [4.69, 9.17) is 4.74 Å². The summed E-state index contributed by atoms with van der Waals surface area (Å²) in [6.45, 7) is 5.62. The molecule has 2 aliphatic heterocycles. The molecule has 1 aliphatic carbocycles. The number of nitrogens with zero attached hydrogens (tertiary/aromatic N) is 3. The van der Waals surface area contributed by atoms with Crippen LogP contribution in [0.3, 0.4) is 0 Å². The molecule has 5 nitrogen and oxygen atoms in total. The Kier molecular flexibility index (Phi) is 4.91. The average Bonchev–Trinajstić information content (AvgIpc) is 3.16. The van der Waals surface area contributed by atoms with E-state index in [0.29, 0.717) is 35.7 Å². The third-order valence-corrected chi connectivity index (χ3v) is 6.52. The highest BCUT2D eigenvalue weighted by atomic mass is 32.2. The van der Waals surface area contributed by atoms with Gasteiger partial charge >= 0.3 is 6.18 Å². The number of aromatic nitrogens is 2. The van der Waals surface area contributed by atoms with Crippen LogP contribution in [0, 0.1) is 0 Å². The third kappa shape index (κ3) is 2.85. The molecule has 4 rings (SSSR count). The molecule has 0 bridgehead atoms. The fourth-order valence-corrected chi connectivity index (χ4v) is 5.55. The third-order valence-electron chi connectivity index (χ3n) is 5.60. The number of anilines is 1. The SMILES string of the molecule is CCCC(=O)Sc1cnc2n1C1=C(C)C(OC)=C(C)CC13C=CC=C(C(F)(F)F)N23. The summed E-state index contributed by atoms with van der Waals surface area (Å²) in [5, 5.41) is 0.463. The van der Waals surface area contributed by atoms with Crippen LogP contribution in [0.1, 0.15) is 40.0 Å². The molecule has 3 heterocycles. The Hall–Kier alpha value is -2.42. The van der Waals surface area contributed by atoms with Gasteiger partial charge in [0, 0.05) is 18.4 Å². The zero-order chi connectivity index (χ0) is 21.8. The maximum atomic E-state index is 14.0. The number of alkyl halides is 3. The van der Waals surface area contributed by atoms with Crippen molar-refractivity contribution in [2.75, 3.05) is 12.0 Å². The molecular formula is C21H22F3N3O2S. The van der Waals surface area contributed by atoms with Crippen LogP contribution in [-0.4, -0.2) is 33.5 Å². The van der Waals surface area contributed by atoms with Crippen molar-refractivity contribution < 1.29 is 22.7 Å². The van der Waals surface area contributed by atoms with Crippen molar-refractivity contribution >= 4 is 28.5 Å². The van der Waals surface area contributed by atoms with E-state index in [1.54, 1.807) is 17.8 Å². The normalized spacial score (nSPS) is 22.8. The first-order chi connectivity index (χ1) is 14.2. The van der Waals surface area contributed by atoms with Crippen molar-refractivity contribution in [3.63, 3.8) is 0 Å². The number of thioether (sulfide) groups is 1. The molecular weight excluding hydrogens is 415 g/mol. The van der Waals surface area contributed by atoms with E-state index >= 15 is 0 Å². The van der Waals surface area contributed by atoms with E-state index < -0.39 is 17.4 Å². The zero-order valence-corrected chi connectivity index (χ0v) is 17.9. The Bertz CT molecular complexity index is 1050. The molecule has 1 atom stereocenters. The van der Waals surface area contributed by atoms with E-state index in [2.05, 4.69) is 4.98 Å². The summed E-state index contributed by atoms with van der Waals surface area (Å²) >= 11 is 1.02. The molecule has 1 aromatic rings. The van der Waals surface area contributed by atoms with Gasteiger partial charge in [-0.3, -0.25) is 14.3 Å². The lowest BCUT2D eigenvalue weighted by atomic mass is 9.78. The van der Waals surface area contributed by atoms with Crippen LogP contribution in [0.5, 0.6) is 0 Å². The van der Waals surface area contributed by atoms with Crippen LogP contribution in [0.4, 0.5) is 19.1 Å². The van der Waals surface area contributed by atoms with Crippen molar-refractivity contribution in [3.05, 3.63) is 47.0 Å². The van der Waals surface area contributed by atoms with Gasteiger partial charge < -0.3 is 4.74 Å². The Labute approximate surface area is 177 Å². The van der Waals surface area contributed by atoms with E-state index in [0.717, 1.165) is 29.0 Å². The summed E-state index contributed by atoms with van der Waals surface area (Å²) in [5.41, 5.74) is 0.405. The van der Waals surface area contributed by atoms with Gasteiger partial charge in [0.2, 0.25) is 5.95 Å². The maximum absolute atomic E-state index is 14.0. The number of carbonyl (C=O) groups excluding carboxylic acids is 1. The van der Waals surface area contributed by atoms with E-state index in [9.17, 15) is 18.0 Å². The van der Waals surface area contributed by atoms with E-state index in [1.165, 1.54) is 17.2 Å². The molecule has 1 aromatic heterocycles. The fourth-order valence-electron chi connectivity index (χ4n) is 4.64. The van der Waals surface area contributed by atoms with Crippen molar-refractivity contribution in [3.8, 4) is 0 Å². The van der Waals surface area contributed by atoms with Gasteiger partial charge in [-0.15, -0.1) is 0 Å². The number of imidazole rings is 1.